The summed E-state index contributed by atoms with van der Waals surface area (Å²) in [6.45, 7) is 4.44. The van der Waals surface area contributed by atoms with E-state index in [2.05, 4.69) is 22.5 Å². The Morgan fingerprint density at radius 2 is 1.92 bits per heavy atom. The third-order valence-corrected chi connectivity index (χ3v) is 3.67. The van der Waals surface area contributed by atoms with Crippen LogP contribution in [0.15, 0.2) is 52.1 Å². The average Bonchev–Trinajstić information content (AvgIpc) is 3.13. The Labute approximate surface area is 167 Å². The van der Waals surface area contributed by atoms with Crippen LogP contribution in [0, 0.1) is 0 Å². The van der Waals surface area contributed by atoms with E-state index in [0.29, 0.717) is 6.54 Å². The number of furan rings is 1. The second-order valence-corrected chi connectivity index (χ2v) is 5.51. The van der Waals surface area contributed by atoms with Crippen molar-refractivity contribution in [3.8, 4) is 5.75 Å². The summed E-state index contributed by atoms with van der Waals surface area (Å²) in [5, 5.41) is 6.74. The molecule has 1 aromatic heterocycles. The van der Waals surface area contributed by atoms with Gasteiger partial charge in [0.2, 0.25) is 0 Å². The van der Waals surface area contributed by atoms with Crippen molar-refractivity contribution >= 4 is 29.9 Å². The number of unbranched alkanes of at least 4 members (excludes halogenated alkanes) is 1. The van der Waals surface area contributed by atoms with E-state index in [1.165, 1.54) is 0 Å². The number of guanidine groups is 1. The monoisotopic (exact) mass is 457 g/mol. The Morgan fingerprint density at radius 3 is 2.64 bits per heavy atom. The van der Waals surface area contributed by atoms with E-state index < -0.39 is 0 Å². The van der Waals surface area contributed by atoms with Crippen LogP contribution in [-0.2, 0) is 13.0 Å². The van der Waals surface area contributed by atoms with Crippen LogP contribution in [0.3, 0.4) is 0 Å². The van der Waals surface area contributed by atoms with E-state index in [-0.39, 0.29) is 24.0 Å². The van der Waals surface area contributed by atoms with Gasteiger partial charge in [0.1, 0.15) is 11.5 Å². The van der Waals surface area contributed by atoms with Crippen molar-refractivity contribution in [3.05, 3.63) is 54.0 Å². The molecule has 5 nitrogen and oxygen atoms in total. The standard InChI is InChI=1S/C19H27N3O2.HI/c1-3-4-12-20-19(21-13-11-17-9-7-14-24-17)22-15-16-8-5-6-10-18(16)23-2;/h5-10,14H,3-4,11-13,15H2,1-2H3,(H2,20,21,22);1H. The first-order chi connectivity index (χ1) is 11.8. The Balaban J connectivity index is 0.00000312. The van der Waals surface area contributed by atoms with Crippen LogP contribution in [-0.4, -0.2) is 26.2 Å². The molecule has 2 aromatic rings. The van der Waals surface area contributed by atoms with Crippen LogP contribution in [0.2, 0.25) is 0 Å². The molecule has 1 aromatic carbocycles. The first kappa shape index (κ1) is 21.3. The van der Waals surface area contributed by atoms with Crippen LogP contribution < -0.4 is 15.4 Å². The Hall–Kier alpha value is -1.70. The van der Waals surface area contributed by atoms with Crippen LogP contribution in [0.4, 0.5) is 0 Å². The number of rotatable bonds is 9. The van der Waals surface area contributed by atoms with Crippen molar-refractivity contribution in [1.29, 1.82) is 0 Å². The summed E-state index contributed by atoms with van der Waals surface area (Å²) in [5.41, 5.74) is 1.07. The highest BCUT2D eigenvalue weighted by Gasteiger charge is 2.03. The second-order valence-electron chi connectivity index (χ2n) is 5.51. The number of ether oxygens (including phenoxy) is 1. The number of para-hydroxylation sites is 1. The summed E-state index contributed by atoms with van der Waals surface area (Å²) < 4.78 is 10.7. The molecule has 0 aliphatic carbocycles. The minimum atomic E-state index is 0. The number of hydrogen-bond acceptors (Lipinski definition) is 3. The number of nitrogens with zero attached hydrogens (tertiary/aromatic N) is 1. The number of benzene rings is 1. The van der Waals surface area contributed by atoms with Gasteiger partial charge in [-0.05, 0) is 24.6 Å². The first-order valence-electron chi connectivity index (χ1n) is 8.50. The molecule has 0 amide bonds. The van der Waals surface area contributed by atoms with Crippen LogP contribution in [0.1, 0.15) is 31.1 Å². The highest BCUT2D eigenvalue weighted by molar-refractivity contribution is 14.0. The molecule has 0 aliphatic rings. The van der Waals surface area contributed by atoms with Gasteiger partial charge >= 0.3 is 0 Å². The van der Waals surface area contributed by atoms with E-state index in [9.17, 15) is 0 Å². The number of hydrogen-bond donors (Lipinski definition) is 2. The van der Waals surface area contributed by atoms with Crippen molar-refractivity contribution in [3.63, 3.8) is 0 Å². The molecule has 0 fully saturated rings. The van der Waals surface area contributed by atoms with Gasteiger partial charge in [-0.2, -0.15) is 0 Å². The van der Waals surface area contributed by atoms with E-state index in [1.54, 1.807) is 13.4 Å². The molecule has 0 atom stereocenters. The topological polar surface area (TPSA) is 58.8 Å². The van der Waals surface area contributed by atoms with Gasteiger partial charge in [-0.15, -0.1) is 24.0 Å². The summed E-state index contributed by atoms with van der Waals surface area (Å²) in [6, 6.07) is 11.9. The summed E-state index contributed by atoms with van der Waals surface area (Å²) in [6.07, 6.45) is 4.80. The average molecular weight is 457 g/mol. The Kier molecular flexibility index (Phi) is 10.8. The highest BCUT2D eigenvalue weighted by Crippen LogP contribution is 2.17. The van der Waals surface area contributed by atoms with Gasteiger partial charge in [0.15, 0.2) is 5.96 Å². The molecule has 0 radical (unpaired) electrons. The zero-order valence-corrected chi connectivity index (χ0v) is 17.3. The smallest absolute Gasteiger partial charge is 0.191 e. The zero-order chi connectivity index (χ0) is 17.0. The number of aliphatic imine (C=N–C) groups is 1. The number of nitrogens with one attached hydrogen (secondary N) is 2. The summed E-state index contributed by atoms with van der Waals surface area (Å²) in [5.74, 6) is 2.66. The lowest BCUT2D eigenvalue weighted by Crippen LogP contribution is -2.38. The first-order valence-corrected chi connectivity index (χ1v) is 8.50. The minimum Gasteiger partial charge on any atom is -0.496 e. The molecular weight excluding hydrogens is 429 g/mol. The summed E-state index contributed by atoms with van der Waals surface area (Å²) in [7, 11) is 1.69. The van der Waals surface area contributed by atoms with Crippen molar-refractivity contribution in [2.24, 2.45) is 4.99 Å². The fourth-order valence-electron chi connectivity index (χ4n) is 2.31. The Morgan fingerprint density at radius 1 is 1.12 bits per heavy atom. The summed E-state index contributed by atoms with van der Waals surface area (Å²) in [4.78, 5) is 4.68. The lowest BCUT2D eigenvalue weighted by molar-refractivity contribution is 0.410. The molecule has 25 heavy (non-hydrogen) atoms. The molecule has 0 bridgehead atoms. The van der Waals surface area contributed by atoms with E-state index >= 15 is 0 Å². The highest BCUT2D eigenvalue weighted by atomic mass is 127. The zero-order valence-electron chi connectivity index (χ0n) is 15.0. The predicted octanol–water partition coefficient (Wildman–Crippen LogP) is 3.98. The normalized spacial score (nSPS) is 10.9. The van der Waals surface area contributed by atoms with Crippen molar-refractivity contribution < 1.29 is 9.15 Å². The maximum absolute atomic E-state index is 5.38. The molecule has 0 aliphatic heterocycles. The van der Waals surface area contributed by atoms with Gasteiger partial charge in [0.25, 0.3) is 0 Å². The lowest BCUT2D eigenvalue weighted by Gasteiger charge is -2.12. The third kappa shape index (κ3) is 7.81. The molecule has 6 heteroatoms. The van der Waals surface area contributed by atoms with Crippen LogP contribution in [0.25, 0.3) is 0 Å². The molecule has 0 saturated carbocycles. The van der Waals surface area contributed by atoms with Crippen molar-refractivity contribution in [2.75, 3.05) is 20.2 Å². The minimum absolute atomic E-state index is 0. The molecule has 1 heterocycles. The molecule has 0 spiro atoms. The summed E-state index contributed by atoms with van der Waals surface area (Å²) >= 11 is 0. The third-order valence-electron chi connectivity index (χ3n) is 3.67. The van der Waals surface area contributed by atoms with Crippen molar-refractivity contribution in [1.82, 2.24) is 10.6 Å². The van der Waals surface area contributed by atoms with E-state index in [0.717, 1.165) is 55.4 Å². The van der Waals surface area contributed by atoms with Gasteiger partial charge in [0.05, 0.1) is 19.9 Å². The molecule has 138 valence electrons. The fourth-order valence-corrected chi connectivity index (χ4v) is 2.31. The maximum atomic E-state index is 5.38. The quantitative estimate of drug-likeness (QED) is 0.259. The second kappa shape index (κ2) is 12.6. The molecule has 2 rings (SSSR count). The molecule has 2 N–H and O–H groups in total. The number of halogens is 1. The van der Waals surface area contributed by atoms with E-state index in [4.69, 9.17) is 9.15 Å². The Bertz CT molecular complexity index is 615. The van der Waals surface area contributed by atoms with E-state index in [1.807, 2.05) is 36.4 Å². The molecule has 0 saturated heterocycles. The van der Waals surface area contributed by atoms with Gasteiger partial charge in [0, 0.05) is 25.1 Å². The number of methoxy groups -OCH3 is 1. The lowest BCUT2D eigenvalue weighted by atomic mass is 10.2. The van der Waals surface area contributed by atoms with Crippen molar-refractivity contribution in [2.45, 2.75) is 32.7 Å². The SMILES string of the molecule is CCCCNC(=NCc1ccccc1OC)NCCc1ccco1.I. The van der Waals surface area contributed by atoms with Gasteiger partial charge in [-0.25, -0.2) is 4.99 Å². The largest absolute Gasteiger partial charge is 0.496 e. The molecular formula is C19H28IN3O2. The van der Waals surface area contributed by atoms with Gasteiger partial charge < -0.3 is 19.8 Å². The van der Waals surface area contributed by atoms with Gasteiger partial charge in [-0.1, -0.05) is 31.5 Å². The molecule has 0 unspecified atom stereocenters. The van der Waals surface area contributed by atoms with Crippen LogP contribution >= 0.6 is 24.0 Å². The fraction of sp³-hybridized carbons (Fsp3) is 0.421. The van der Waals surface area contributed by atoms with Crippen LogP contribution in [0.5, 0.6) is 5.75 Å². The predicted molar refractivity (Wildman–Crippen MR) is 113 cm³/mol. The van der Waals surface area contributed by atoms with Gasteiger partial charge in [-0.3, -0.25) is 0 Å². The maximum Gasteiger partial charge on any atom is 0.191 e.